The summed E-state index contributed by atoms with van der Waals surface area (Å²) >= 11 is 0. The van der Waals surface area contributed by atoms with Crippen LogP contribution in [0.5, 0.6) is 17.2 Å². The van der Waals surface area contributed by atoms with Gasteiger partial charge in [-0.3, -0.25) is 9.59 Å². The smallest absolute Gasteiger partial charge is 0.252 e. The first-order valence-electron chi connectivity index (χ1n) is 10.5. The molecule has 1 amide bonds. The summed E-state index contributed by atoms with van der Waals surface area (Å²) in [4.78, 5) is 35.8. The summed E-state index contributed by atoms with van der Waals surface area (Å²) < 4.78 is 11.5. The quantitative estimate of drug-likeness (QED) is 0.345. The van der Waals surface area contributed by atoms with E-state index in [0.717, 1.165) is 5.39 Å². The van der Waals surface area contributed by atoms with E-state index in [0.29, 0.717) is 38.9 Å². The first-order chi connectivity index (χ1) is 17.0. The minimum Gasteiger partial charge on any atom is -0.485 e. The van der Waals surface area contributed by atoms with Crippen LogP contribution in [-0.4, -0.2) is 33.2 Å². The lowest BCUT2D eigenvalue weighted by Crippen LogP contribution is -2.16. The van der Waals surface area contributed by atoms with Crippen molar-refractivity contribution in [3.63, 3.8) is 0 Å². The number of nitrogens with one attached hydrogen (secondary N) is 1. The average Bonchev–Trinajstić information content (AvgIpc) is 3.30. The maximum atomic E-state index is 13.0. The molecule has 0 radical (unpaired) electrons. The number of nitrogens with two attached hydrogens (primary N) is 1. The summed E-state index contributed by atoms with van der Waals surface area (Å²) in [6.45, 7) is -0.297. The van der Waals surface area contributed by atoms with Crippen LogP contribution < -0.4 is 15.2 Å². The molecule has 0 saturated carbocycles. The molecule has 0 aliphatic rings. The molecule has 0 atom stereocenters. The number of hydrogen-bond acceptors (Lipinski definition) is 7. The van der Waals surface area contributed by atoms with Crippen LogP contribution in [0.3, 0.4) is 0 Å². The zero-order valence-corrected chi connectivity index (χ0v) is 18.2. The molecular weight excluding hydrogens is 446 g/mol. The number of nitrogens with zero attached hydrogens (tertiary/aromatic N) is 3. The molecule has 3 aromatic carbocycles. The topological polar surface area (TPSA) is 144 Å². The van der Waals surface area contributed by atoms with Crippen LogP contribution >= 0.6 is 0 Å². The highest BCUT2D eigenvalue weighted by Crippen LogP contribution is 2.29. The van der Waals surface area contributed by atoms with Crippen molar-refractivity contribution in [1.82, 2.24) is 15.0 Å². The van der Waals surface area contributed by atoms with Gasteiger partial charge in [0.05, 0.1) is 29.6 Å². The predicted octanol–water partition coefficient (Wildman–Crippen LogP) is 4.14. The molecule has 5 rings (SSSR count). The molecule has 0 spiro atoms. The van der Waals surface area contributed by atoms with E-state index < -0.39 is 5.91 Å². The fraction of sp³-hybridized carbons (Fsp3) is 0.0385. The minimum atomic E-state index is -0.694. The Balaban J connectivity index is 1.37. The molecule has 0 aliphatic carbocycles. The zero-order chi connectivity index (χ0) is 24.4. The fourth-order valence-electron chi connectivity index (χ4n) is 3.75. The number of ether oxygens (including phenoxy) is 2. The van der Waals surface area contributed by atoms with Crippen LogP contribution in [-0.2, 0) is 0 Å². The second kappa shape index (κ2) is 8.96. The number of H-pyrrole nitrogens is 1. The van der Waals surface area contributed by atoms with E-state index in [1.54, 1.807) is 67.1 Å². The number of nitriles is 1. The lowest BCUT2D eigenvalue weighted by molar-refractivity contribution is 0.0914. The van der Waals surface area contributed by atoms with Crippen molar-refractivity contribution in [1.29, 1.82) is 5.26 Å². The fourth-order valence-corrected chi connectivity index (χ4v) is 3.75. The SMILES string of the molecule is N#Cc1ccc2cc(OCC(=O)c3c[nH]c4cc(Oc5cncnc5)ccc34)c(C(N)=O)cc2c1. The molecule has 35 heavy (non-hydrogen) atoms. The van der Waals surface area contributed by atoms with E-state index in [1.165, 1.54) is 6.33 Å². The summed E-state index contributed by atoms with van der Waals surface area (Å²) in [7, 11) is 0. The summed E-state index contributed by atoms with van der Waals surface area (Å²) in [5.41, 5.74) is 7.27. The van der Waals surface area contributed by atoms with Crippen molar-refractivity contribution < 1.29 is 19.1 Å². The van der Waals surface area contributed by atoms with E-state index >= 15 is 0 Å². The van der Waals surface area contributed by atoms with Crippen LogP contribution in [0.1, 0.15) is 26.3 Å². The van der Waals surface area contributed by atoms with Gasteiger partial charge in [-0.1, -0.05) is 6.07 Å². The maximum absolute atomic E-state index is 13.0. The van der Waals surface area contributed by atoms with Crippen molar-refractivity contribution in [2.75, 3.05) is 6.61 Å². The van der Waals surface area contributed by atoms with E-state index in [-0.39, 0.29) is 23.7 Å². The number of aromatic amines is 1. The van der Waals surface area contributed by atoms with Gasteiger partial charge >= 0.3 is 0 Å². The number of carbonyl (C=O) groups is 2. The third-order valence-electron chi connectivity index (χ3n) is 5.42. The van der Waals surface area contributed by atoms with Crippen LogP contribution in [0, 0.1) is 11.3 Å². The van der Waals surface area contributed by atoms with Crippen LogP contribution in [0.4, 0.5) is 0 Å². The largest absolute Gasteiger partial charge is 0.485 e. The molecule has 5 aromatic rings. The Morgan fingerprint density at radius 3 is 2.57 bits per heavy atom. The Morgan fingerprint density at radius 2 is 1.80 bits per heavy atom. The molecule has 9 heteroatoms. The van der Waals surface area contributed by atoms with Gasteiger partial charge in [-0.2, -0.15) is 5.26 Å². The van der Waals surface area contributed by atoms with E-state index in [4.69, 9.17) is 20.5 Å². The lowest BCUT2D eigenvalue weighted by Gasteiger charge is -2.11. The Hall–Kier alpha value is -5.23. The van der Waals surface area contributed by atoms with Crippen LogP contribution in [0.15, 0.2) is 73.4 Å². The third kappa shape index (κ3) is 4.36. The van der Waals surface area contributed by atoms with Gasteiger partial charge in [0.2, 0.25) is 5.78 Å². The first kappa shape index (κ1) is 21.6. The van der Waals surface area contributed by atoms with Gasteiger partial charge < -0.3 is 20.2 Å². The molecule has 0 bridgehead atoms. The molecule has 3 N–H and O–H groups in total. The van der Waals surface area contributed by atoms with Crippen LogP contribution in [0.25, 0.3) is 21.7 Å². The molecule has 0 aliphatic heterocycles. The Morgan fingerprint density at radius 1 is 0.971 bits per heavy atom. The molecule has 0 fully saturated rings. The molecule has 2 aromatic heterocycles. The van der Waals surface area contributed by atoms with Gasteiger partial charge in [0.25, 0.3) is 5.91 Å². The Bertz CT molecular complexity index is 1640. The number of carbonyl (C=O) groups excluding carboxylic acids is 2. The number of aromatic nitrogens is 3. The molecular formula is C26H17N5O4. The normalized spacial score (nSPS) is 10.7. The highest BCUT2D eigenvalue weighted by molar-refractivity contribution is 6.09. The Labute approximate surface area is 198 Å². The first-order valence-corrected chi connectivity index (χ1v) is 10.5. The standard InChI is InChI=1S/C26H17N5O4/c27-9-15-1-2-16-7-25(21(26(28)33)6-17(16)5-15)34-13-24(32)22-12-31-23-8-18(3-4-20(22)23)35-19-10-29-14-30-11-19/h1-8,10-12,14,31H,13H2,(H2,28,33). The van der Waals surface area contributed by atoms with Gasteiger partial charge in [0.15, 0.2) is 12.4 Å². The van der Waals surface area contributed by atoms with E-state index in [1.807, 2.05) is 0 Å². The number of Topliss-reactive ketones (excluding diaryl/α,β-unsaturated/α-hetero) is 1. The highest BCUT2D eigenvalue weighted by Gasteiger charge is 2.17. The van der Waals surface area contributed by atoms with E-state index in [9.17, 15) is 9.59 Å². The van der Waals surface area contributed by atoms with Gasteiger partial charge in [0.1, 0.15) is 17.8 Å². The second-order valence-electron chi connectivity index (χ2n) is 7.68. The van der Waals surface area contributed by atoms with Crippen molar-refractivity contribution in [2.45, 2.75) is 0 Å². The summed E-state index contributed by atoms with van der Waals surface area (Å²) in [5.74, 6) is 0.277. The molecule has 170 valence electrons. The molecule has 0 saturated heterocycles. The Kier molecular flexibility index (Phi) is 5.53. The minimum absolute atomic E-state index is 0.131. The molecule has 9 nitrogen and oxygen atoms in total. The average molecular weight is 463 g/mol. The number of benzene rings is 3. The van der Waals surface area contributed by atoms with Gasteiger partial charge in [0, 0.05) is 28.7 Å². The monoisotopic (exact) mass is 463 g/mol. The van der Waals surface area contributed by atoms with Crippen molar-refractivity contribution >= 4 is 33.4 Å². The summed E-state index contributed by atoms with van der Waals surface area (Å²) in [5, 5.41) is 11.2. The van der Waals surface area contributed by atoms with Gasteiger partial charge in [-0.05, 0) is 47.2 Å². The maximum Gasteiger partial charge on any atom is 0.252 e. The zero-order valence-electron chi connectivity index (χ0n) is 18.2. The highest BCUT2D eigenvalue weighted by atomic mass is 16.5. The van der Waals surface area contributed by atoms with Gasteiger partial charge in [-0.25, -0.2) is 9.97 Å². The van der Waals surface area contributed by atoms with Crippen molar-refractivity contribution in [2.24, 2.45) is 5.73 Å². The van der Waals surface area contributed by atoms with Crippen molar-refractivity contribution in [3.8, 4) is 23.3 Å². The number of ketones is 1. The van der Waals surface area contributed by atoms with Crippen molar-refractivity contribution in [3.05, 3.63) is 90.1 Å². The third-order valence-corrected chi connectivity index (χ3v) is 5.42. The predicted molar refractivity (Wildman–Crippen MR) is 127 cm³/mol. The number of amides is 1. The molecule has 2 heterocycles. The lowest BCUT2D eigenvalue weighted by atomic mass is 10.0. The number of primary amides is 1. The number of rotatable bonds is 7. The number of hydrogen-bond donors (Lipinski definition) is 2. The number of fused-ring (bicyclic) bond motifs is 2. The van der Waals surface area contributed by atoms with Crippen LogP contribution in [0.2, 0.25) is 0 Å². The van der Waals surface area contributed by atoms with E-state index in [2.05, 4.69) is 21.0 Å². The summed E-state index contributed by atoms with van der Waals surface area (Å²) in [6.07, 6.45) is 6.11. The molecule has 0 unspecified atom stereocenters. The van der Waals surface area contributed by atoms with Gasteiger partial charge in [-0.15, -0.1) is 0 Å². The second-order valence-corrected chi connectivity index (χ2v) is 7.68. The summed E-state index contributed by atoms with van der Waals surface area (Å²) in [6, 6.07) is 15.6.